The van der Waals surface area contributed by atoms with E-state index in [-0.39, 0.29) is 30.2 Å². The summed E-state index contributed by atoms with van der Waals surface area (Å²) in [6.07, 6.45) is 1.82. The SMILES string of the molecule is CC(C)[C@H](NC(=O)c1ccccn1)C(=O)N[C@@H](Cc1ccccc1)[C@H](O)CN1CC[C@@H](Oc2ccccc2)C[C@H]1C(=O)NC(C)(C)C. The number of ether oxygens (including phenoxy) is 1. The van der Waals surface area contributed by atoms with Crippen molar-refractivity contribution in [2.24, 2.45) is 5.92 Å². The van der Waals surface area contributed by atoms with E-state index in [2.05, 4.69) is 20.9 Å². The Morgan fingerprint density at radius 2 is 1.62 bits per heavy atom. The van der Waals surface area contributed by atoms with Crippen LogP contribution < -0.4 is 20.7 Å². The number of nitrogens with zero attached hydrogens (tertiary/aromatic N) is 2. The third-order valence-corrected chi connectivity index (χ3v) is 8.16. The summed E-state index contributed by atoms with van der Waals surface area (Å²) < 4.78 is 6.25. The molecular formula is C37H49N5O5. The molecule has 3 aromatic rings. The van der Waals surface area contributed by atoms with Gasteiger partial charge in [0, 0.05) is 31.2 Å². The van der Waals surface area contributed by atoms with Gasteiger partial charge in [0.2, 0.25) is 11.8 Å². The first-order valence-corrected chi connectivity index (χ1v) is 16.4. The van der Waals surface area contributed by atoms with E-state index in [1.54, 1.807) is 18.2 Å². The van der Waals surface area contributed by atoms with Gasteiger partial charge in [-0.25, -0.2) is 0 Å². The summed E-state index contributed by atoms with van der Waals surface area (Å²) >= 11 is 0. The van der Waals surface area contributed by atoms with E-state index in [0.29, 0.717) is 25.8 Å². The second-order valence-electron chi connectivity index (χ2n) is 13.6. The van der Waals surface area contributed by atoms with Gasteiger partial charge in [0.05, 0.1) is 18.2 Å². The molecular weight excluding hydrogens is 594 g/mol. The smallest absolute Gasteiger partial charge is 0.270 e. The molecule has 2 aromatic carbocycles. The zero-order valence-electron chi connectivity index (χ0n) is 28.1. The molecule has 10 heteroatoms. The molecule has 4 rings (SSSR count). The van der Waals surface area contributed by atoms with E-state index in [4.69, 9.17) is 4.74 Å². The van der Waals surface area contributed by atoms with Crippen LogP contribution in [0.5, 0.6) is 5.75 Å². The fourth-order valence-corrected chi connectivity index (χ4v) is 5.76. The van der Waals surface area contributed by atoms with Crippen molar-refractivity contribution in [1.82, 2.24) is 25.8 Å². The number of amides is 3. The Labute approximate surface area is 278 Å². The highest BCUT2D eigenvalue weighted by atomic mass is 16.5. The Balaban J connectivity index is 1.52. The molecule has 4 N–H and O–H groups in total. The molecule has 0 unspecified atom stereocenters. The van der Waals surface area contributed by atoms with Crippen LogP contribution >= 0.6 is 0 Å². The first kappa shape index (κ1) is 35.6. The van der Waals surface area contributed by atoms with Gasteiger partial charge in [-0.15, -0.1) is 0 Å². The Bertz CT molecular complexity index is 1430. The minimum absolute atomic E-state index is 0.133. The van der Waals surface area contributed by atoms with E-state index in [1.165, 1.54) is 6.20 Å². The largest absolute Gasteiger partial charge is 0.490 e. The molecule has 1 aromatic heterocycles. The fraction of sp³-hybridized carbons (Fsp3) is 0.459. The zero-order chi connectivity index (χ0) is 34.0. The average molecular weight is 644 g/mol. The normalized spacial score (nSPS) is 18.9. The van der Waals surface area contributed by atoms with Crippen molar-refractivity contribution >= 4 is 17.7 Å². The number of benzene rings is 2. The maximum absolute atomic E-state index is 13.7. The molecule has 3 amide bonds. The van der Waals surface area contributed by atoms with Crippen LogP contribution in [-0.2, 0) is 16.0 Å². The number of carbonyl (C=O) groups excluding carboxylic acids is 3. The second kappa shape index (κ2) is 16.5. The van der Waals surface area contributed by atoms with Crippen molar-refractivity contribution in [3.05, 3.63) is 96.3 Å². The van der Waals surface area contributed by atoms with Crippen LogP contribution in [0.3, 0.4) is 0 Å². The van der Waals surface area contributed by atoms with Crippen LogP contribution in [0.4, 0.5) is 0 Å². The molecule has 1 fully saturated rings. The number of pyridine rings is 1. The molecule has 0 spiro atoms. The van der Waals surface area contributed by atoms with Gasteiger partial charge in [0.25, 0.3) is 5.91 Å². The average Bonchev–Trinajstić information content (AvgIpc) is 3.04. The second-order valence-corrected chi connectivity index (χ2v) is 13.6. The summed E-state index contributed by atoms with van der Waals surface area (Å²) in [6, 6.07) is 22.1. The van der Waals surface area contributed by atoms with E-state index >= 15 is 0 Å². The number of aromatic nitrogens is 1. The number of para-hydroxylation sites is 1. The van der Waals surface area contributed by atoms with Gasteiger partial charge in [-0.3, -0.25) is 24.3 Å². The van der Waals surface area contributed by atoms with E-state index < -0.39 is 41.6 Å². The highest BCUT2D eigenvalue weighted by molar-refractivity contribution is 5.96. The van der Waals surface area contributed by atoms with Crippen molar-refractivity contribution in [2.75, 3.05) is 13.1 Å². The highest BCUT2D eigenvalue weighted by Gasteiger charge is 2.38. The van der Waals surface area contributed by atoms with Crippen molar-refractivity contribution in [3.63, 3.8) is 0 Å². The van der Waals surface area contributed by atoms with Gasteiger partial charge in [-0.2, -0.15) is 0 Å². The minimum atomic E-state index is -1.02. The van der Waals surface area contributed by atoms with Crippen LogP contribution in [0.1, 0.15) is 63.5 Å². The first-order chi connectivity index (χ1) is 22.4. The number of aliphatic hydroxyl groups excluding tert-OH is 1. The summed E-state index contributed by atoms with van der Waals surface area (Å²) in [4.78, 5) is 46.4. The number of piperidine rings is 1. The summed E-state index contributed by atoms with van der Waals surface area (Å²) in [6.45, 7) is 10.2. The van der Waals surface area contributed by atoms with Crippen molar-refractivity contribution < 1.29 is 24.2 Å². The van der Waals surface area contributed by atoms with E-state index in [1.807, 2.05) is 100 Å². The number of hydrogen-bond donors (Lipinski definition) is 4. The van der Waals surface area contributed by atoms with Gasteiger partial charge in [0.15, 0.2) is 0 Å². The number of hydrogen-bond acceptors (Lipinski definition) is 7. The zero-order valence-corrected chi connectivity index (χ0v) is 28.1. The van der Waals surface area contributed by atoms with Gasteiger partial charge in [0.1, 0.15) is 23.6 Å². The number of carbonyl (C=O) groups is 3. The maximum Gasteiger partial charge on any atom is 0.270 e. The van der Waals surface area contributed by atoms with Crippen molar-refractivity contribution in [3.8, 4) is 5.75 Å². The molecule has 1 aliphatic rings. The van der Waals surface area contributed by atoms with Gasteiger partial charge >= 0.3 is 0 Å². The number of aliphatic hydroxyl groups is 1. The van der Waals surface area contributed by atoms with Gasteiger partial charge < -0.3 is 25.8 Å². The first-order valence-electron chi connectivity index (χ1n) is 16.4. The molecule has 0 aliphatic carbocycles. The molecule has 0 saturated carbocycles. The minimum Gasteiger partial charge on any atom is -0.490 e. The van der Waals surface area contributed by atoms with Crippen LogP contribution in [0.25, 0.3) is 0 Å². The standard InChI is InChI=1S/C37H49N5O5/c1-25(2)33(40-34(44)29-18-12-13-20-38-29)36(46)39-30(22-26-14-8-6-9-15-26)32(43)24-42-21-19-28(47-27-16-10-7-11-17-27)23-31(42)35(45)41-37(3,4)5/h6-18,20,25,28,30-33,43H,19,21-24H2,1-5H3,(H,39,46)(H,40,44)(H,41,45)/t28-,30+,31+,32-,33+/m1/s1. The number of β-amino-alcohol motifs (C(OH)–C–C–N with tert-alkyl or cyclic N) is 1. The lowest BCUT2D eigenvalue weighted by Crippen LogP contribution is -2.60. The number of likely N-dealkylation sites (tertiary alicyclic amines) is 1. The topological polar surface area (TPSA) is 133 Å². The molecule has 10 nitrogen and oxygen atoms in total. The third-order valence-electron chi connectivity index (χ3n) is 8.16. The van der Waals surface area contributed by atoms with Crippen molar-refractivity contribution in [1.29, 1.82) is 0 Å². The highest BCUT2D eigenvalue weighted by Crippen LogP contribution is 2.25. The predicted octanol–water partition coefficient (Wildman–Crippen LogP) is 3.75. The molecule has 1 saturated heterocycles. The molecule has 0 radical (unpaired) electrons. The summed E-state index contributed by atoms with van der Waals surface area (Å²) in [5, 5.41) is 20.7. The predicted molar refractivity (Wildman–Crippen MR) is 182 cm³/mol. The lowest BCUT2D eigenvalue weighted by molar-refractivity contribution is -0.132. The molecule has 252 valence electrons. The monoisotopic (exact) mass is 643 g/mol. The van der Waals surface area contributed by atoms with Crippen LogP contribution in [0.15, 0.2) is 85.1 Å². The molecule has 5 atom stereocenters. The molecule has 0 bridgehead atoms. The Hall–Kier alpha value is -4.28. The number of nitrogens with one attached hydrogen (secondary N) is 3. The Morgan fingerprint density at radius 1 is 0.957 bits per heavy atom. The van der Waals surface area contributed by atoms with Crippen molar-refractivity contribution in [2.45, 2.75) is 89.8 Å². The quantitative estimate of drug-likeness (QED) is 0.223. The summed E-state index contributed by atoms with van der Waals surface area (Å²) in [7, 11) is 0. The van der Waals surface area contributed by atoms with Crippen LogP contribution in [0, 0.1) is 5.92 Å². The maximum atomic E-state index is 13.7. The van der Waals surface area contributed by atoms with E-state index in [9.17, 15) is 19.5 Å². The molecule has 1 aliphatic heterocycles. The van der Waals surface area contributed by atoms with Crippen LogP contribution in [-0.4, -0.2) is 81.7 Å². The summed E-state index contributed by atoms with van der Waals surface area (Å²) in [5.74, 6) is -0.464. The Morgan fingerprint density at radius 3 is 2.23 bits per heavy atom. The molecule has 47 heavy (non-hydrogen) atoms. The van der Waals surface area contributed by atoms with Gasteiger partial charge in [-0.05, 0) is 69.4 Å². The summed E-state index contributed by atoms with van der Waals surface area (Å²) in [5.41, 5.74) is 0.711. The third kappa shape index (κ3) is 10.9. The lowest BCUT2D eigenvalue weighted by Gasteiger charge is -2.41. The number of rotatable bonds is 13. The van der Waals surface area contributed by atoms with E-state index in [0.717, 1.165) is 11.3 Å². The van der Waals surface area contributed by atoms with Crippen LogP contribution in [0.2, 0.25) is 0 Å². The lowest BCUT2D eigenvalue weighted by atomic mass is 9.94. The molecule has 2 heterocycles. The van der Waals surface area contributed by atoms with Gasteiger partial charge in [-0.1, -0.05) is 68.4 Å². The Kier molecular flexibility index (Phi) is 12.5. The fourth-order valence-electron chi connectivity index (χ4n) is 5.76.